The molecule has 3 aromatic heterocycles. The predicted molar refractivity (Wildman–Crippen MR) is 151 cm³/mol. The SMILES string of the molecule is Cn1ncc(-c2nc(NC3CCC(NCc4ccccc4)CC3)ncc2-n2ccc(N)nc2=O)c1CC1CC1. The molecular formula is C29H35N9O. The summed E-state index contributed by atoms with van der Waals surface area (Å²) in [6, 6.07) is 12.9. The molecule has 10 nitrogen and oxygen atoms in total. The van der Waals surface area contributed by atoms with E-state index in [0.717, 1.165) is 49.9 Å². The molecule has 2 fully saturated rings. The van der Waals surface area contributed by atoms with E-state index in [0.29, 0.717) is 35.3 Å². The standard InChI is InChI=1S/C29H35N9O/c1-37-24(15-19-7-8-19)23(17-33-37)27-25(38-14-13-26(30)35-29(38)39)18-32-28(36-27)34-22-11-9-21(10-12-22)31-16-20-5-3-2-4-6-20/h2-6,13-14,17-19,21-22,31H,7-12,15-16H2,1H3,(H2,30,35,39)(H,32,34,36). The van der Waals surface area contributed by atoms with E-state index in [-0.39, 0.29) is 5.82 Å². The third kappa shape index (κ3) is 5.85. The van der Waals surface area contributed by atoms with Crippen LogP contribution in [0.5, 0.6) is 0 Å². The third-order valence-corrected chi connectivity index (χ3v) is 7.85. The second-order valence-electron chi connectivity index (χ2n) is 10.8. The van der Waals surface area contributed by atoms with Gasteiger partial charge in [0, 0.05) is 43.1 Å². The van der Waals surface area contributed by atoms with Gasteiger partial charge in [0.05, 0.1) is 18.1 Å². The second-order valence-corrected chi connectivity index (χ2v) is 10.8. The van der Waals surface area contributed by atoms with Gasteiger partial charge in [0.2, 0.25) is 5.95 Å². The van der Waals surface area contributed by atoms with E-state index < -0.39 is 5.69 Å². The second kappa shape index (κ2) is 11.0. The lowest BCUT2D eigenvalue weighted by Gasteiger charge is -2.30. The summed E-state index contributed by atoms with van der Waals surface area (Å²) in [5, 5.41) is 11.8. The summed E-state index contributed by atoms with van der Waals surface area (Å²) in [6.45, 7) is 0.894. The molecule has 0 atom stereocenters. The van der Waals surface area contributed by atoms with Crippen LogP contribution in [-0.2, 0) is 20.0 Å². The molecule has 0 saturated heterocycles. The van der Waals surface area contributed by atoms with Crippen molar-refractivity contribution in [1.29, 1.82) is 0 Å². The van der Waals surface area contributed by atoms with Crippen LogP contribution in [0, 0.1) is 5.92 Å². The minimum Gasteiger partial charge on any atom is -0.383 e. The van der Waals surface area contributed by atoms with Gasteiger partial charge in [-0.25, -0.2) is 14.8 Å². The highest BCUT2D eigenvalue weighted by Gasteiger charge is 2.27. The molecule has 2 aliphatic carbocycles. The molecule has 0 spiro atoms. The van der Waals surface area contributed by atoms with Crippen LogP contribution >= 0.6 is 0 Å². The maximum atomic E-state index is 12.8. The van der Waals surface area contributed by atoms with Crippen molar-refractivity contribution in [1.82, 2.24) is 34.6 Å². The Balaban J connectivity index is 1.22. The lowest BCUT2D eigenvalue weighted by atomic mass is 9.91. The molecule has 0 bridgehead atoms. The Labute approximate surface area is 227 Å². The molecule has 6 rings (SSSR count). The predicted octanol–water partition coefficient (Wildman–Crippen LogP) is 3.47. The summed E-state index contributed by atoms with van der Waals surface area (Å²) in [6.07, 6.45) is 12.8. The topological polar surface area (TPSA) is 129 Å². The first-order valence-corrected chi connectivity index (χ1v) is 13.8. The Hall–Kier alpha value is -4.05. The highest BCUT2D eigenvalue weighted by atomic mass is 16.1. The molecule has 0 aliphatic heterocycles. The zero-order valence-corrected chi connectivity index (χ0v) is 22.3. The van der Waals surface area contributed by atoms with E-state index in [1.165, 1.54) is 23.0 Å². The fourth-order valence-corrected chi connectivity index (χ4v) is 5.40. The Bertz CT molecular complexity index is 1480. The van der Waals surface area contributed by atoms with Crippen molar-refractivity contribution in [2.75, 3.05) is 11.1 Å². The number of rotatable bonds is 9. The number of nitrogen functional groups attached to an aromatic ring is 1. The number of nitrogens with two attached hydrogens (primary N) is 1. The van der Waals surface area contributed by atoms with Crippen molar-refractivity contribution in [2.24, 2.45) is 13.0 Å². The first-order valence-electron chi connectivity index (χ1n) is 13.8. The van der Waals surface area contributed by atoms with Gasteiger partial charge in [-0.15, -0.1) is 0 Å². The van der Waals surface area contributed by atoms with Gasteiger partial charge in [-0.3, -0.25) is 9.25 Å². The number of anilines is 2. The van der Waals surface area contributed by atoms with Gasteiger partial charge in [-0.1, -0.05) is 30.3 Å². The molecule has 2 aliphatic rings. The van der Waals surface area contributed by atoms with Crippen LogP contribution in [0.2, 0.25) is 0 Å². The van der Waals surface area contributed by atoms with Gasteiger partial charge in [0.25, 0.3) is 0 Å². The first kappa shape index (κ1) is 25.2. The van der Waals surface area contributed by atoms with E-state index in [1.807, 2.05) is 24.0 Å². The van der Waals surface area contributed by atoms with Gasteiger partial charge >= 0.3 is 5.69 Å². The van der Waals surface area contributed by atoms with E-state index in [4.69, 9.17) is 10.7 Å². The molecule has 4 N–H and O–H groups in total. The third-order valence-electron chi connectivity index (χ3n) is 7.85. The Morgan fingerprint density at radius 3 is 2.49 bits per heavy atom. The fourth-order valence-electron chi connectivity index (χ4n) is 5.40. The maximum Gasteiger partial charge on any atom is 0.354 e. The van der Waals surface area contributed by atoms with Crippen molar-refractivity contribution in [3.8, 4) is 16.9 Å². The summed E-state index contributed by atoms with van der Waals surface area (Å²) < 4.78 is 3.37. The molecule has 0 amide bonds. The fraction of sp³-hybridized carbons (Fsp3) is 0.414. The molecule has 0 unspecified atom stereocenters. The summed E-state index contributed by atoms with van der Waals surface area (Å²) in [7, 11) is 1.96. The highest BCUT2D eigenvalue weighted by Crippen LogP contribution is 2.36. The molecule has 39 heavy (non-hydrogen) atoms. The van der Waals surface area contributed by atoms with Crippen molar-refractivity contribution in [2.45, 2.75) is 63.6 Å². The van der Waals surface area contributed by atoms with Gasteiger partial charge < -0.3 is 16.4 Å². The lowest BCUT2D eigenvalue weighted by Crippen LogP contribution is -2.36. The van der Waals surface area contributed by atoms with E-state index in [1.54, 1.807) is 18.5 Å². The molecule has 0 radical (unpaired) electrons. The van der Waals surface area contributed by atoms with Crippen LogP contribution < -0.4 is 22.1 Å². The number of hydrogen-bond acceptors (Lipinski definition) is 8. The Morgan fingerprint density at radius 1 is 0.974 bits per heavy atom. The number of benzene rings is 1. The van der Waals surface area contributed by atoms with E-state index >= 15 is 0 Å². The summed E-state index contributed by atoms with van der Waals surface area (Å²) in [5.41, 5.74) is 9.86. The van der Waals surface area contributed by atoms with Crippen LogP contribution in [0.1, 0.15) is 49.8 Å². The van der Waals surface area contributed by atoms with E-state index in [2.05, 4.69) is 50.0 Å². The van der Waals surface area contributed by atoms with Crippen LogP contribution in [0.3, 0.4) is 0 Å². The largest absolute Gasteiger partial charge is 0.383 e. The van der Waals surface area contributed by atoms with Crippen molar-refractivity contribution in [3.05, 3.63) is 76.7 Å². The van der Waals surface area contributed by atoms with Crippen LogP contribution in [0.25, 0.3) is 16.9 Å². The summed E-state index contributed by atoms with van der Waals surface area (Å²) >= 11 is 0. The van der Waals surface area contributed by atoms with Crippen molar-refractivity contribution in [3.63, 3.8) is 0 Å². The van der Waals surface area contributed by atoms with Gasteiger partial charge in [0.15, 0.2) is 0 Å². The number of hydrogen-bond donors (Lipinski definition) is 3. The summed E-state index contributed by atoms with van der Waals surface area (Å²) in [4.78, 5) is 26.3. The molecule has 2 saturated carbocycles. The van der Waals surface area contributed by atoms with Crippen molar-refractivity contribution < 1.29 is 0 Å². The lowest BCUT2D eigenvalue weighted by molar-refractivity contribution is 0.352. The van der Waals surface area contributed by atoms with E-state index in [9.17, 15) is 4.79 Å². The molecule has 3 heterocycles. The minimum absolute atomic E-state index is 0.182. The summed E-state index contributed by atoms with van der Waals surface area (Å²) in [5.74, 6) is 1.42. The van der Waals surface area contributed by atoms with Gasteiger partial charge in [-0.05, 0) is 62.5 Å². The van der Waals surface area contributed by atoms with Gasteiger partial charge in [0.1, 0.15) is 11.5 Å². The van der Waals surface area contributed by atoms with Gasteiger partial charge in [-0.2, -0.15) is 10.1 Å². The number of nitrogens with one attached hydrogen (secondary N) is 2. The number of aryl methyl sites for hydroxylation is 1. The molecule has 10 heteroatoms. The number of nitrogens with zero attached hydrogens (tertiary/aromatic N) is 6. The Kier molecular flexibility index (Phi) is 7.10. The van der Waals surface area contributed by atoms with Crippen LogP contribution in [0.4, 0.5) is 11.8 Å². The maximum absolute atomic E-state index is 12.8. The number of aromatic nitrogens is 6. The monoisotopic (exact) mass is 525 g/mol. The zero-order valence-electron chi connectivity index (χ0n) is 22.3. The Morgan fingerprint density at radius 2 is 1.74 bits per heavy atom. The average molecular weight is 526 g/mol. The molecule has 1 aromatic carbocycles. The molecule has 4 aromatic rings. The van der Waals surface area contributed by atoms with Crippen molar-refractivity contribution >= 4 is 11.8 Å². The van der Waals surface area contributed by atoms with Crippen LogP contribution in [0.15, 0.2) is 59.8 Å². The highest BCUT2D eigenvalue weighted by molar-refractivity contribution is 5.71. The quantitative estimate of drug-likeness (QED) is 0.303. The smallest absolute Gasteiger partial charge is 0.354 e. The normalized spacial score (nSPS) is 19.2. The molecular weight excluding hydrogens is 490 g/mol. The van der Waals surface area contributed by atoms with Crippen LogP contribution in [-0.4, -0.2) is 41.4 Å². The minimum atomic E-state index is -0.463. The molecule has 202 valence electrons. The average Bonchev–Trinajstić information content (AvgIpc) is 3.70. The zero-order chi connectivity index (χ0) is 26.8. The first-order chi connectivity index (χ1) is 19.0.